The van der Waals surface area contributed by atoms with E-state index in [0.717, 1.165) is 10.5 Å². The molecule has 0 aromatic heterocycles. The second kappa shape index (κ2) is 8.16. The lowest BCUT2D eigenvalue weighted by Crippen LogP contribution is -2.54. The Labute approximate surface area is 190 Å². The molecule has 2 aliphatic heterocycles. The van der Waals surface area contributed by atoms with Crippen LogP contribution in [-0.2, 0) is 19.8 Å². The number of amides is 5. The van der Waals surface area contributed by atoms with Crippen molar-refractivity contribution in [3.8, 4) is 5.75 Å². The molecule has 170 valence electrons. The van der Waals surface area contributed by atoms with Gasteiger partial charge in [0.15, 0.2) is 0 Å². The zero-order valence-electron chi connectivity index (χ0n) is 18.4. The number of benzene rings is 2. The third-order valence-corrected chi connectivity index (χ3v) is 6.08. The number of methoxy groups -OCH3 is 1. The van der Waals surface area contributed by atoms with Crippen molar-refractivity contribution in [1.82, 2.24) is 10.2 Å². The molecule has 0 bridgehead atoms. The number of nitrogens with zero attached hydrogens (tertiary/aromatic N) is 1. The Kier molecular flexibility index (Phi) is 5.49. The molecule has 4 rings (SSSR count). The zero-order chi connectivity index (χ0) is 23.9. The Hall–Kier alpha value is -4.01. The maximum Gasteiger partial charge on any atom is 0.262 e. The van der Waals surface area contributed by atoms with E-state index in [1.165, 1.54) is 12.1 Å². The molecule has 33 heavy (non-hydrogen) atoms. The van der Waals surface area contributed by atoms with Crippen LogP contribution in [0.5, 0.6) is 5.75 Å². The van der Waals surface area contributed by atoms with Gasteiger partial charge in [0, 0.05) is 12.1 Å². The molecular weight excluding hydrogens is 426 g/mol. The van der Waals surface area contributed by atoms with E-state index >= 15 is 0 Å². The van der Waals surface area contributed by atoms with E-state index in [2.05, 4.69) is 10.6 Å². The lowest BCUT2D eigenvalue weighted by molar-refractivity contribution is -0.136. The van der Waals surface area contributed by atoms with E-state index in [1.54, 1.807) is 51.3 Å². The Morgan fingerprint density at radius 1 is 1.03 bits per heavy atom. The van der Waals surface area contributed by atoms with Crippen molar-refractivity contribution < 1.29 is 28.7 Å². The van der Waals surface area contributed by atoms with Crippen LogP contribution in [0.3, 0.4) is 0 Å². The molecule has 2 aromatic carbocycles. The van der Waals surface area contributed by atoms with Crippen molar-refractivity contribution in [3.05, 3.63) is 59.2 Å². The van der Waals surface area contributed by atoms with Crippen molar-refractivity contribution in [2.24, 2.45) is 0 Å². The normalized spacial score (nSPS) is 18.2. The van der Waals surface area contributed by atoms with Gasteiger partial charge in [-0.25, -0.2) is 0 Å². The first kappa shape index (κ1) is 22.2. The van der Waals surface area contributed by atoms with Crippen LogP contribution < -0.4 is 15.4 Å². The Morgan fingerprint density at radius 2 is 1.70 bits per heavy atom. The highest BCUT2D eigenvalue weighted by molar-refractivity contribution is 6.24. The van der Waals surface area contributed by atoms with Crippen LogP contribution in [0.1, 0.15) is 53.0 Å². The van der Waals surface area contributed by atoms with Gasteiger partial charge in [-0.1, -0.05) is 12.1 Å². The molecule has 1 fully saturated rings. The summed E-state index contributed by atoms with van der Waals surface area (Å²) in [5, 5.41) is 4.97. The highest BCUT2D eigenvalue weighted by Crippen LogP contribution is 2.31. The molecule has 1 unspecified atom stereocenters. The number of hydrogen-bond acceptors (Lipinski definition) is 6. The molecule has 2 N–H and O–H groups in total. The van der Waals surface area contributed by atoms with E-state index in [1.807, 2.05) is 0 Å². The minimum Gasteiger partial charge on any atom is -0.497 e. The van der Waals surface area contributed by atoms with Crippen LogP contribution in [0.4, 0.5) is 5.69 Å². The second-order valence-electron chi connectivity index (χ2n) is 8.52. The Morgan fingerprint density at radius 3 is 2.33 bits per heavy atom. The standard InChI is InChI=1S/C24H23N3O6/c1-24(2,13-4-7-15(33-3)8-5-13)23(32)25-14-6-9-16-17(12-14)22(31)27(21(16)30)18-10-11-19(28)26-20(18)29/h4-9,12,18H,10-11H2,1-3H3,(H,25,32)(H,26,28,29). The molecule has 1 atom stereocenters. The summed E-state index contributed by atoms with van der Waals surface area (Å²) in [4.78, 5) is 63.3. The van der Waals surface area contributed by atoms with Crippen molar-refractivity contribution in [2.45, 2.75) is 38.1 Å². The summed E-state index contributed by atoms with van der Waals surface area (Å²) in [6, 6.07) is 10.5. The smallest absolute Gasteiger partial charge is 0.262 e. The summed E-state index contributed by atoms with van der Waals surface area (Å²) in [5.74, 6) is -1.95. The molecule has 0 spiro atoms. The number of nitrogens with one attached hydrogen (secondary N) is 2. The largest absolute Gasteiger partial charge is 0.497 e. The van der Waals surface area contributed by atoms with Crippen molar-refractivity contribution in [1.29, 1.82) is 0 Å². The molecule has 0 saturated carbocycles. The summed E-state index contributed by atoms with van der Waals surface area (Å²) in [6.07, 6.45) is 0.126. The number of piperidine rings is 1. The van der Waals surface area contributed by atoms with Crippen molar-refractivity contribution >= 4 is 35.2 Å². The van der Waals surface area contributed by atoms with E-state index in [4.69, 9.17) is 4.74 Å². The third-order valence-electron chi connectivity index (χ3n) is 6.08. The monoisotopic (exact) mass is 449 g/mol. The molecule has 1 saturated heterocycles. The van der Waals surface area contributed by atoms with Gasteiger partial charge in [0.2, 0.25) is 17.7 Å². The van der Waals surface area contributed by atoms with E-state index < -0.39 is 35.1 Å². The molecule has 2 aliphatic rings. The first-order chi connectivity index (χ1) is 15.6. The van der Waals surface area contributed by atoms with Gasteiger partial charge >= 0.3 is 0 Å². The molecule has 9 heteroatoms. The predicted molar refractivity (Wildman–Crippen MR) is 118 cm³/mol. The van der Waals surface area contributed by atoms with Crippen LogP contribution in [0.25, 0.3) is 0 Å². The van der Waals surface area contributed by atoms with Crippen LogP contribution in [0.15, 0.2) is 42.5 Å². The molecular formula is C24H23N3O6. The summed E-state index contributed by atoms with van der Waals surface area (Å²) < 4.78 is 5.16. The highest BCUT2D eigenvalue weighted by Gasteiger charge is 2.44. The maximum atomic E-state index is 13.0. The first-order valence-corrected chi connectivity index (χ1v) is 10.4. The molecule has 9 nitrogen and oxygen atoms in total. The summed E-state index contributed by atoms with van der Waals surface area (Å²) in [6.45, 7) is 3.55. The molecule has 2 heterocycles. The van der Waals surface area contributed by atoms with E-state index in [-0.39, 0.29) is 29.9 Å². The summed E-state index contributed by atoms with van der Waals surface area (Å²) in [7, 11) is 1.56. The van der Waals surface area contributed by atoms with Gasteiger partial charge in [-0.2, -0.15) is 0 Å². The minimum atomic E-state index is -1.04. The van der Waals surface area contributed by atoms with Crippen LogP contribution >= 0.6 is 0 Å². The van der Waals surface area contributed by atoms with Crippen molar-refractivity contribution in [3.63, 3.8) is 0 Å². The number of hydrogen-bond donors (Lipinski definition) is 2. The average molecular weight is 449 g/mol. The SMILES string of the molecule is COc1ccc(C(C)(C)C(=O)Nc2ccc3c(c2)C(=O)N(C2CCC(=O)NC2=O)C3=O)cc1. The number of carbonyl (C=O) groups excluding carboxylic acids is 5. The molecule has 2 aromatic rings. The summed E-state index contributed by atoms with van der Waals surface area (Å²) in [5.41, 5.74) is 0.495. The lowest BCUT2D eigenvalue weighted by Gasteiger charge is -2.27. The van der Waals surface area contributed by atoms with Gasteiger partial charge in [0.05, 0.1) is 23.7 Å². The Balaban J connectivity index is 1.55. The molecule has 5 amide bonds. The maximum absolute atomic E-state index is 13.0. The Bertz CT molecular complexity index is 1190. The fourth-order valence-corrected chi connectivity index (χ4v) is 3.97. The first-order valence-electron chi connectivity index (χ1n) is 10.4. The number of rotatable bonds is 5. The fraction of sp³-hybridized carbons (Fsp3) is 0.292. The van der Waals surface area contributed by atoms with Crippen molar-refractivity contribution in [2.75, 3.05) is 12.4 Å². The fourth-order valence-electron chi connectivity index (χ4n) is 3.97. The van der Waals surface area contributed by atoms with Gasteiger partial charge in [-0.3, -0.25) is 34.2 Å². The third kappa shape index (κ3) is 3.86. The van der Waals surface area contributed by atoms with Gasteiger partial charge in [0.1, 0.15) is 11.8 Å². The number of ether oxygens (including phenoxy) is 1. The summed E-state index contributed by atoms with van der Waals surface area (Å²) >= 11 is 0. The van der Waals surface area contributed by atoms with Gasteiger partial charge in [-0.15, -0.1) is 0 Å². The lowest BCUT2D eigenvalue weighted by atomic mass is 9.83. The second-order valence-corrected chi connectivity index (χ2v) is 8.52. The van der Waals surface area contributed by atoms with Crippen LogP contribution in [-0.4, -0.2) is 47.6 Å². The van der Waals surface area contributed by atoms with E-state index in [9.17, 15) is 24.0 Å². The van der Waals surface area contributed by atoms with Gasteiger partial charge in [0.25, 0.3) is 11.8 Å². The average Bonchev–Trinajstić information content (AvgIpc) is 3.03. The number of imide groups is 2. The zero-order valence-corrected chi connectivity index (χ0v) is 18.4. The van der Waals surface area contributed by atoms with Gasteiger partial charge < -0.3 is 10.1 Å². The number of fused-ring (bicyclic) bond motifs is 1. The highest BCUT2D eigenvalue weighted by atomic mass is 16.5. The quantitative estimate of drug-likeness (QED) is 0.674. The number of anilines is 1. The van der Waals surface area contributed by atoms with E-state index in [0.29, 0.717) is 11.4 Å². The van der Waals surface area contributed by atoms with Gasteiger partial charge in [-0.05, 0) is 56.2 Å². The predicted octanol–water partition coefficient (Wildman–Crippen LogP) is 2.01. The molecule has 0 aliphatic carbocycles. The number of carbonyl (C=O) groups is 5. The van der Waals surface area contributed by atoms with Crippen LogP contribution in [0.2, 0.25) is 0 Å². The molecule has 0 radical (unpaired) electrons. The van der Waals surface area contributed by atoms with Crippen LogP contribution in [0, 0.1) is 0 Å². The minimum absolute atomic E-state index is 0.0472. The topological polar surface area (TPSA) is 122 Å².